The Morgan fingerprint density at radius 3 is 2.09 bits per heavy atom. The maximum atomic E-state index is 15.2. The molecule has 2 unspecified atom stereocenters. The number of ether oxygens (including phenoxy) is 2. The van der Waals surface area contributed by atoms with Gasteiger partial charge in [0.2, 0.25) is 5.91 Å². The van der Waals surface area contributed by atoms with Crippen LogP contribution in [0.1, 0.15) is 29.5 Å². The van der Waals surface area contributed by atoms with Crippen molar-refractivity contribution in [3.8, 4) is 5.75 Å². The molecule has 3 aromatic rings. The molecule has 13 heteroatoms. The number of urea groups is 1. The van der Waals surface area contributed by atoms with Crippen LogP contribution in [0.4, 0.5) is 31.1 Å². The molecule has 230 valence electrons. The molecule has 4 N–H and O–H groups in total. The van der Waals surface area contributed by atoms with Gasteiger partial charge in [0, 0.05) is 31.4 Å². The van der Waals surface area contributed by atoms with E-state index in [1.807, 2.05) is 0 Å². The molecular weight excluding hydrogens is 580 g/mol. The lowest BCUT2D eigenvalue weighted by Crippen LogP contribution is -2.62. The number of halogens is 6. The van der Waals surface area contributed by atoms with Crippen LogP contribution in [-0.2, 0) is 21.5 Å². The first kappa shape index (κ1) is 31.7. The molecule has 0 saturated heterocycles. The largest absolute Gasteiger partial charge is 0.461 e. The summed E-state index contributed by atoms with van der Waals surface area (Å²) in [6.45, 7) is 0. The van der Waals surface area contributed by atoms with Crippen molar-refractivity contribution < 1.29 is 45.4 Å². The van der Waals surface area contributed by atoms with Crippen molar-refractivity contribution in [2.75, 3.05) is 7.11 Å². The van der Waals surface area contributed by atoms with Crippen LogP contribution in [0, 0.1) is 23.5 Å². The summed E-state index contributed by atoms with van der Waals surface area (Å²) >= 11 is 0. The van der Waals surface area contributed by atoms with Gasteiger partial charge >= 0.3 is 18.6 Å². The summed E-state index contributed by atoms with van der Waals surface area (Å²) in [5, 5.41) is 0. The number of methoxy groups -OCH3 is 1. The molecule has 1 aliphatic carbocycles. The normalized spacial score (nSPS) is 18.8. The molecule has 0 radical (unpaired) electrons. The summed E-state index contributed by atoms with van der Waals surface area (Å²) < 4.78 is 93.3. The highest BCUT2D eigenvalue weighted by molar-refractivity contribution is 5.78. The topological polar surface area (TPSA) is 108 Å². The second-order valence-electron chi connectivity index (χ2n) is 10.3. The Morgan fingerprint density at radius 2 is 1.56 bits per heavy atom. The minimum absolute atomic E-state index is 0.154. The van der Waals surface area contributed by atoms with E-state index in [1.165, 1.54) is 19.2 Å². The molecule has 0 bridgehead atoms. The van der Waals surface area contributed by atoms with Crippen LogP contribution in [0.5, 0.6) is 5.75 Å². The van der Waals surface area contributed by atoms with E-state index in [2.05, 4.69) is 4.74 Å². The van der Waals surface area contributed by atoms with Gasteiger partial charge in [0.05, 0.1) is 0 Å². The Balaban J connectivity index is 2.02. The fraction of sp³-hybridized carbons (Fsp3) is 0.333. The van der Waals surface area contributed by atoms with Crippen LogP contribution in [0.2, 0.25) is 0 Å². The number of carbonyl (C=O) groups is 2. The summed E-state index contributed by atoms with van der Waals surface area (Å²) in [6, 6.07) is 14.4. The molecule has 3 aromatic carbocycles. The standard InChI is InChI=1S/C30H29F6N3O4/c1-42-26(19-11-18(12-19)25(37)40)39(28(38)41)29(16-17-5-3-2-4-6-17,20-7-9-22(31)10-8-20)21-13-23(32)15-24(14-21)43-30(35,36)27(33)34/h2-10,13-15,18-19,26-27H,11-12,16H2,1H3,(H2,37,40)(H2,38,41). The second-order valence-corrected chi connectivity index (χ2v) is 10.3. The van der Waals surface area contributed by atoms with Gasteiger partial charge in [0.15, 0.2) is 0 Å². The summed E-state index contributed by atoms with van der Waals surface area (Å²) in [4.78, 5) is 26.3. The van der Waals surface area contributed by atoms with Crippen molar-refractivity contribution in [2.24, 2.45) is 23.3 Å². The molecule has 1 fully saturated rings. The fourth-order valence-corrected chi connectivity index (χ4v) is 5.58. The summed E-state index contributed by atoms with van der Waals surface area (Å²) in [7, 11) is 1.28. The highest BCUT2D eigenvalue weighted by Crippen LogP contribution is 2.47. The van der Waals surface area contributed by atoms with Crippen molar-refractivity contribution in [1.29, 1.82) is 0 Å². The Morgan fingerprint density at radius 1 is 0.930 bits per heavy atom. The van der Waals surface area contributed by atoms with Gasteiger partial charge in [-0.15, -0.1) is 0 Å². The number of amides is 3. The zero-order valence-electron chi connectivity index (χ0n) is 22.9. The first-order valence-corrected chi connectivity index (χ1v) is 13.2. The first-order chi connectivity index (χ1) is 20.3. The maximum absolute atomic E-state index is 15.2. The van der Waals surface area contributed by atoms with Gasteiger partial charge in [-0.3, -0.25) is 9.69 Å². The molecule has 0 aromatic heterocycles. The number of hydrogen-bond donors (Lipinski definition) is 2. The molecule has 2 atom stereocenters. The number of hydrogen-bond acceptors (Lipinski definition) is 4. The van der Waals surface area contributed by atoms with Crippen molar-refractivity contribution in [1.82, 2.24) is 4.90 Å². The van der Waals surface area contributed by atoms with E-state index in [0.29, 0.717) is 11.6 Å². The minimum atomic E-state index is -4.98. The number of benzene rings is 3. The van der Waals surface area contributed by atoms with Crippen LogP contribution >= 0.6 is 0 Å². The monoisotopic (exact) mass is 609 g/mol. The van der Waals surface area contributed by atoms with Crippen molar-refractivity contribution in [2.45, 2.75) is 43.6 Å². The predicted octanol–water partition coefficient (Wildman–Crippen LogP) is 5.55. The first-order valence-electron chi connectivity index (χ1n) is 13.2. The van der Waals surface area contributed by atoms with Gasteiger partial charge < -0.3 is 20.9 Å². The molecule has 3 amide bonds. The molecule has 0 spiro atoms. The van der Waals surface area contributed by atoms with Crippen LogP contribution in [0.25, 0.3) is 0 Å². The third kappa shape index (κ3) is 6.56. The summed E-state index contributed by atoms with van der Waals surface area (Å²) in [5.74, 6) is -4.36. The number of primary amides is 2. The van der Waals surface area contributed by atoms with E-state index in [0.717, 1.165) is 29.2 Å². The Bertz CT molecular complexity index is 1440. The average molecular weight is 610 g/mol. The zero-order valence-corrected chi connectivity index (χ0v) is 22.9. The van der Waals surface area contributed by atoms with Crippen LogP contribution in [0.15, 0.2) is 72.8 Å². The molecular formula is C30H29F6N3O4. The quantitative estimate of drug-likeness (QED) is 0.207. The highest BCUT2D eigenvalue weighted by Gasteiger charge is 2.52. The Hall–Kier alpha value is -4.26. The molecule has 4 rings (SSSR count). The van der Waals surface area contributed by atoms with E-state index in [9.17, 15) is 31.5 Å². The van der Waals surface area contributed by atoms with Crippen LogP contribution in [0.3, 0.4) is 0 Å². The Kier molecular flexibility index (Phi) is 9.24. The lowest BCUT2D eigenvalue weighted by Gasteiger charge is -2.51. The van der Waals surface area contributed by atoms with E-state index in [-0.39, 0.29) is 30.4 Å². The second kappa shape index (κ2) is 12.5. The number of alkyl halides is 4. The molecule has 0 aliphatic heterocycles. The SMILES string of the molecule is COC(C1CC(C(N)=O)C1)N(C(N)=O)C(Cc1ccccc1)(c1ccc(F)cc1)c1cc(F)cc(OC(F)(F)C(F)F)c1. The van der Waals surface area contributed by atoms with Gasteiger partial charge in [-0.05, 0) is 53.8 Å². The summed E-state index contributed by atoms with van der Waals surface area (Å²) in [6.07, 6.45) is -10.2. The van der Waals surface area contributed by atoms with Gasteiger partial charge in [-0.1, -0.05) is 42.5 Å². The zero-order chi connectivity index (χ0) is 31.5. The third-order valence-corrected chi connectivity index (χ3v) is 7.61. The van der Waals surface area contributed by atoms with Gasteiger partial charge in [0.1, 0.15) is 29.2 Å². The van der Waals surface area contributed by atoms with E-state index < -0.39 is 65.5 Å². The van der Waals surface area contributed by atoms with Gasteiger partial charge in [-0.2, -0.15) is 17.6 Å². The minimum Gasteiger partial charge on any atom is -0.428 e. The maximum Gasteiger partial charge on any atom is 0.461 e. The van der Waals surface area contributed by atoms with Crippen LogP contribution in [-0.4, -0.2) is 42.7 Å². The number of nitrogens with zero attached hydrogens (tertiary/aromatic N) is 1. The molecule has 7 nitrogen and oxygen atoms in total. The molecule has 1 aliphatic rings. The molecule has 0 heterocycles. The van der Waals surface area contributed by atoms with E-state index in [1.54, 1.807) is 30.3 Å². The van der Waals surface area contributed by atoms with E-state index in [4.69, 9.17) is 16.2 Å². The fourth-order valence-electron chi connectivity index (χ4n) is 5.58. The van der Waals surface area contributed by atoms with Crippen molar-refractivity contribution in [3.63, 3.8) is 0 Å². The van der Waals surface area contributed by atoms with Gasteiger partial charge in [0.25, 0.3) is 0 Å². The smallest absolute Gasteiger partial charge is 0.428 e. The van der Waals surface area contributed by atoms with Crippen LogP contribution < -0.4 is 16.2 Å². The van der Waals surface area contributed by atoms with E-state index >= 15 is 4.39 Å². The highest BCUT2D eigenvalue weighted by atomic mass is 19.3. The third-order valence-electron chi connectivity index (χ3n) is 7.61. The summed E-state index contributed by atoms with van der Waals surface area (Å²) in [5.41, 5.74) is 9.99. The average Bonchev–Trinajstić information content (AvgIpc) is 2.90. The number of nitrogens with two attached hydrogens (primary N) is 2. The van der Waals surface area contributed by atoms with Crippen molar-refractivity contribution >= 4 is 11.9 Å². The molecule has 1 saturated carbocycles. The number of rotatable bonds is 12. The Labute approximate surface area is 243 Å². The lowest BCUT2D eigenvalue weighted by atomic mass is 9.70. The lowest BCUT2D eigenvalue weighted by molar-refractivity contribution is -0.253. The van der Waals surface area contributed by atoms with Gasteiger partial charge in [-0.25, -0.2) is 13.6 Å². The molecule has 43 heavy (non-hydrogen) atoms. The van der Waals surface area contributed by atoms with Crippen molar-refractivity contribution in [3.05, 3.63) is 101 Å². The number of carbonyl (C=O) groups excluding carboxylic acids is 2. The predicted molar refractivity (Wildman–Crippen MR) is 143 cm³/mol.